The molecule has 2 aliphatic carbocycles. The molecule has 162 valence electrons. The molecule has 0 aliphatic heterocycles. The van der Waals surface area contributed by atoms with Gasteiger partial charge < -0.3 is 20.1 Å². The number of anilines is 2. The van der Waals surface area contributed by atoms with E-state index in [2.05, 4.69) is 10.6 Å². The fourth-order valence-electron chi connectivity index (χ4n) is 3.55. The van der Waals surface area contributed by atoms with Gasteiger partial charge in [0.1, 0.15) is 11.5 Å². The standard InChI is InChI=1S/C26H24N2O4/c1-3-31-19-9-5-17(6-10-19)27-21-13-15-24(30)26-22(14-16-23(29)25(21)26)28-18-7-11-20(12-8-18)32-4-2/h5-16,27-28H,3-4H2,1-2H3. The Hall–Kier alpha value is -4.06. The molecule has 0 saturated carbocycles. The zero-order valence-corrected chi connectivity index (χ0v) is 18.0. The molecule has 0 fully saturated rings. The first-order valence-corrected chi connectivity index (χ1v) is 10.5. The lowest BCUT2D eigenvalue weighted by Crippen LogP contribution is -2.24. The molecule has 2 aromatic rings. The SMILES string of the molecule is CCOc1ccc(NC2=C3C(=O)C=CC(Nc4ccc(OCC)cc4)=C3C(=O)C=C2)cc1. The summed E-state index contributed by atoms with van der Waals surface area (Å²) in [6.07, 6.45) is 6.23. The topological polar surface area (TPSA) is 76.7 Å². The Labute approximate surface area is 186 Å². The molecule has 4 rings (SSSR count). The summed E-state index contributed by atoms with van der Waals surface area (Å²) in [6, 6.07) is 14.9. The fourth-order valence-corrected chi connectivity index (χ4v) is 3.55. The molecule has 0 bridgehead atoms. The van der Waals surface area contributed by atoms with Crippen LogP contribution in [-0.4, -0.2) is 24.8 Å². The maximum atomic E-state index is 12.8. The van der Waals surface area contributed by atoms with Gasteiger partial charge in [0.15, 0.2) is 11.6 Å². The second kappa shape index (κ2) is 9.39. The number of ketones is 2. The maximum Gasteiger partial charge on any atom is 0.188 e. The van der Waals surface area contributed by atoms with Gasteiger partial charge in [-0.2, -0.15) is 0 Å². The van der Waals surface area contributed by atoms with Crippen LogP contribution in [0.15, 0.2) is 95.4 Å². The molecule has 0 heterocycles. The van der Waals surface area contributed by atoms with Crippen LogP contribution in [0.2, 0.25) is 0 Å². The molecule has 0 unspecified atom stereocenters. The van der Waals surface area contributed by atoms with Gasteiger partial charge in [-0.15, -0.1) is 0 Å². The van der Waals surface area contributed by atoms with E-state index in [4.69, 9.17) is 9.47 Å². The summed E-state index contributed by atoms with van der Waals surface area (Å²) >= 11 is 0. The van der Waals surface area contributed by atoms with Gasteiger partial charge in [-0.3, -0.25) is 9.59 Å². The van der Waals surface area contributed by atoms with Gasteiger partial charge in [-0.1, -0.05) is 0 Å². The van der Waals surface area contributed by atoms with E-state index >= 15 is 0 Å². The highest BCUT2D eigenvalue weighted by Crippen LogP contribution is 2.32. The molecule has 0 radical (unpaired) electrons. The van der Waals surface area contributed by atoms with Crippen LogP contribution in [0.1, 0.15) is 13.8 Å². The first-order chi connectivity index (χ1) is 15.6. The minimum Gasteiger partial charge on any atom is -0.494 e. The summed E-state index contributed by atoms with van der Waals surface area (Å²) in [5.41, 5.74) is 3.42. The van der Waals surface area contributed by atoms with E-state index in [0.717, 1.165) is 22.9 Å². The van der Waals surface area contributed by atoms with Crippen LogP contribution in [0, 0.1) is 0 Å². The zero-order valence-electron chi connectivity index (χ0n) is 18.0. The Morgan fingerprint density at radius 2 is 0.969 bits per heavy atom. The number of hydrogen-bond donors (Lipinski definition) is 2. The molecule has 0 aromatic heterocycles. The Morgan fingerprint density at radius 3 is 1.31 bits per heavy atom. The van der Waals surface area contributed by atoms with Crippen molar-refractivity contribution < 1.29 is 19.1 Å². The predicted octanol–water partition coefficient (Wildman–Crippen LogP) is 4.79. The van der Waals surface area contributed by atoms with Crippen LogP contribution in [0.4, 0.5) is 11.4 Å². The van der Waals surface area contributed by atoms with Crippen LogP contribution < -0.4 is 20.1 Å². The minimum atomic E-state index is -0.219. The highest BCUT2D eigenvalue weighted by Gasteiger charge is 2.30. The smallest absolute Gasteiger partial charge is 0.188 e. The molecule has 2 N–H and O–H groups in total. The number of benzene rings is 2. The molecular formula is C26H24N2O4. The summed E-state index contributed by atoms with van der Waals surface area (Å²) in [5.74, 6) is 1.10. The molecular weight excluding hydrogens is 404 g/mol. The van der Waals surface area contributed by atoms with Crippen molar-refractivity contribution in [2.75, 3.05) is 23.8 Å². The monoisotopic (exact) mass is 428 g/mol. The average molecular weight is 428 g/mol. The average Bonchev–Trinajstić information content (AvgIpc) is 2.80. The molecule has 6 heteroatoms. The number of nitrogens with one attached hydrogen (secondary N) is 2. The van der Waals surface area contributed by atoms with Gasteiger partial charge in [0.05, 0.1) is 35.8 Å². The van der Waals surface area contributed by atoms with Crippen molar-refractivity contribution in [2.24, 2.45) is 0 Å². The molecule has 0 saturated heterocycles. The van der Waals surface area contributed by atoms with Crippen molar-refractivity contribution in [3.05, 3.63) is 95.4 Å². The molecule has 6 nitrogen and oxygen atoms in total. The van der Waals surface area contributed by atoms with Crippen molar-refractivity contribution >= 4 is 22.9 Å². The van der Waals surface area contributed by atoms with Crippen LogP contribution in [0.25, 0.3) is 0 Å². The Morgan fingerprint density at radius 1 is 0.594 bits per heavy atom. The molecule has 0 spiro atoms. The van der Waals surface area contributed by atoms with Gasteiger partial charge >= 0.3 is 0 Å². The van der Waals surface area contributed by atoms with Crippen molar-refractivity contribution in [2.45, 2.75) is 13.8 Å². The summed E-state index contributed by atoms with van der Waals surface area (Å²) in [4.78, 5) is 25.5. The van der Waals surface area contributed by atoms with E-state index < -0.39 is 0 Å². The number of rotatable bonds is 8. The van der Waals surface area contributed by atoms with Gasteiger partial charge in [-0.05, 0) is 86.7 Å². The van der Waals surface area contributed by atoms with Crippen LogP contribution in [0.3, 0.4) is 0 Å². The minimum absolute atomic E-state index is 0.219. The highest BCUT2D eigenvalue weighted by molar-refractivity contribution is 6.23. The van der Waals surface area contributed by atoms with Crippen molar-refractivity contribution in [3.63, 3.8) is 0 Å². The van der Waals surface area contributed by atoms with Crippen LogP contribution >= 0.6 is 0 Å². The summed E-state index contributed by atoms with van der Waals surface area (Å²) in [5, 5.41) is 6.52. The normalized spacial score (nSPS) is 15.1. The van der Waals surface area contributed by atoms with Crippen LogP contribution in [-0.2, 0) is 9.59 Å². The van der Waals surface area contributed by atoms with E-state index in [0.29, 0.717) is 35.8 Å². The zero-order chi connectivity index (χ0) is 22.5. The largest absolute Gasteiger partial charge is 0.494 e. The predicted molar refractivity (Wildman–Crippen MR) is 125 cm³/mol. The number of hydrogen-bond acceptors (Lipinski definition) is 6. The molecule has 0 amide bonds. The summed E-state index contributed by atoms with van der Waals surface area (Å²) in [7, 11) is 0. The van der Waals surface area contributed by atoms with Gasteiger partial charge in [0.25, 0.3) is 0 Å². The van der Waals surface area contributed by atoms with E-state index in [1.165, 1.54) is 12.2 Å². The molecule has 2 aromatic carbocycles. The van der Waals surface area contributed by atoms with Crippen LogP contribution in [0.5, 0.6) is 11.5 Å². The number of ether oxygens (including phenoxy) is 2. The Kier molecular flexibility index (Phi) is 6.22. The lowest BCUT2D eigenvalue weighted by atomic mass is 9.86. The second-order valence-electron chi connectivity index (χ2n) is 7.14. The van der Waals surface area contributed by atoms with Crippen molar-refractivity contribution in [3.8, 4) is 11.5 Å². The number of fused-ring (bicyclic) bond motifs is 1. The maximum absolute atomic E-state index is 12.8. The van der Waals surface area contributed by atoms with E-state index in [-0.39, 0.29) is 11.6 Å². The van der Waals surface area contributed by atoms with Gasteiger partial charge in [0.2, 0.25) is 0 Å². The molecule has 0 atom stereocenters. The number of allylic oxidation sites excluding steroid dienone is 6. The van der Waals surface area contributed by atoms with Crippen molar-refractivity contribution in [1.29, 1.82) is 0 Å². The third-order valence-electron chi connectivity index (χ3n) is 4.97. The first kappa shape index (κ1) is 21.2. The molecule has 2 aliphatic rings. The Balaban J connectivity index is 1.65. The van der Waals surface area contributed by atoms with Gasteiger partial charge in [-0.25, -0.2) is 0 Å². The number of carbonyl (C=O) groups is 2. The fraction of sp³-hybridized carbons (Fsp3) is 0.154. The second-order valence-corrected chi connectivity index (χ2v) is 7.14. The highest BCUT2D eigenvalue weighted by atomic mass is 16.5. The third-order valence-corrected chi connectivity index (χ3v) is 4.97. The Bertz CT molecular complexity index is 1060. The third kappa shape index (κ3) is 4.49. The van der Waals surface area contributed by atoms with E-state index in [1.54, 1.807) is 12.2 Å². The number of carbonyl (C=O) groups excluding carboxylic acids is 2. The summed E-state index contributed by atoms with van der Waals surface area (Å²) < 4.78 is 10.9. The van der Waals surface area contributed by atoms with E-state index in [9.17, 15) is 9.59 Å². The summed E-state index contributed by atoms with van der Waals surface area (Å²) in [6.45, 7) is 5.03. The first-order valence-electron chi connectivity index (χ1n) is 10.5. The van der Waals surface area contributed by atoms with Gasteiger partial charge in [0, 0.05) is 11.4 Å². The lowest BCUT2D eigenvalue weighted by molar-refractivity contribution is -0.114. The van der Waals surface area contributed by atoms with E-state index in [1.807, 2.05) is 62.4 Å². The van der Waals surface area contributed by atoms with Crippen molar-refractivity contribution in [1.82, 2.24) is 0 Å². The molecule has 32 heavy (non-hydrogen) atoms. The quantitative estimate of drug-likeness (QED) is 0.629. The lowest BCUT2D eigenvalue weighted by Gasteiger charge is -2.23.